The van der Waals surface area contributed by atoms with E-state index in [0.29, 0.717) is 0 Å². The maximum absolute atomic E-state index is 2.65. The molecule has 5 aromatic rings. The molecule has 438 valence electrons. The molecule has 0 amide bonds. The number of unbranched alkanes of at least 4 members (excludes halogenated alkanes) is 20. The Balaban J connectivity index is 1.11. The van der Waals surface area contributed by atoms with Crippen LogP contribution in [0.3, 0.4) is 0 Å². The first-order valence-corrected chi connectivity index (χ1v) is 33.0. The lowest BCUT2D eigenvalue weighted by atomic mass is 9.70. The van der Waals surface area contributed by atoms with Gasteiger partial charge in [-0.3, -0.25) is 0 Å². The largest absolute Gasteiger partial charge is 0.331 e. The molecule has 0 saturated carbocycles. The standard InChI is InChI=1S/C76H118N4/c1-77(2,3)57-37-25-17-13-21-33-53-75(54-34-22-14-18-26-38-58-78(4,5)6)71-43-31-29-41-67(71)69-51-49-65(61-73(69)75)63-45-47-64(48-46-63)66-50-52-70-68-42-30-32-44-72(68)76(74(70)62-66,55-35-23-15-19-27-39-59-79(7,8)9)56-36-24-16-20-28-40-60-80(10,11)12/h29-32,41-52,61-62H,13-28,33-40,53-60H2,1-12H3/q+4. The van der Waals surface area contributed by atoms with Gasteiger partial charge in [-0.2, -0.15) is 0 Å². The summed E-state index contributed by atoms with van der Waals surface area (Å²) in [7, 11) is 28.0. The summed E-state index contributed by atoms with van der Waals surface area (Å²) in [5, 5.41) is 0. The molecule has 0 N–H and O–H groups in total. The van der Waals surface area contributed by atoms with Gasteiger partial charge in [-0.15, -0.1) is 0 Å². The molecule has 5 aromatic carbocycles. The fraction of sp³-hybridized carbons (Fsp3) is 0.605. The number of quaternary nitrogens is 4. The van der Waals surface area contributed by atoms with Crippen molar-refractivity contribution in [1.29, 1.82) is 0 Å². The highest BCUT2D eigenvalue weighted by Crippen LogP contribution is 2.57. The van der Waals surface area contributed by atoms with Crippen LogP contribution in [0.4, 0.5) is 0 Å². The van der Waals surface area contributed by atoms with E-state index in [0.717, 1.165) is 17.9 Å². The topological polar surface area (TPSA) is 0 Å². The van der Waals surface area contributed by atoms with Crippen LogP contribution in [0, 0.1) is 0 Å². The van der Waals surface area contributed by atoms with E-state index in [1.165, 1.54) is 250 Å². The van der Waals surface area contributed by atoms with Crippen LogP contribution in [0.15, 0.2) is 109 Å². The SMILES string of the molecule is C[N+](C)(C)CCCCCCCCC1(CCCCCCCC[N+](C)(C)C)c2ccccc2-c2ccc(-c3ccc(-c4ccc5c(c4)C(CCCCCCCC[N+](C)(C)C)(CCCCCCCC[N+](C)(C)C)c4ccccc4-5)cc3)cc21. The Kier molecular flexibility index (Phi) is 23.4. The van der Waals surface area contributed by atoms with E-state index >= 15 is 0 Å². The van der Waals surface area contributed by atoms with Crippen molar-refractivity contribution in [2.75, 3.05) is 111 Å². The van der Waals surface area contributed by atoms with Crippen molar-refractivity contribution in [3.63, 3.8) is 0 Å². The molecule has 80 heavy (non-hydrogen) atoms. The van der Waals surface area contributed by atoms with Gasteiger partial charge in [0.05, 0.1) is 111 Å². The zero-order chi connectivity index (χ0) is 57.3. The van der Waals surface area contributed by atoms with Gasteiger partial charge in [-0.05, 0) is 156 Å². The van der Waals surface area contributed by atoms with Gasteiger partial charge in [0.1, 0.15) is 0 Å². The van der Waals surface area contributed by atoms with Crippen molar-refractivity contribution >= 4 is 0 Å². The maximum atomic E-state index is 2.65. The molecule has 0 radical (unpaired) electrons. The highest BCUT2D eigenvalue weighted by atomic mass is 15.3. The summed E-state index contributed by atoms with van der Waals surface area (Å²) in [6, 6.07) is 44.0. The van der Waals surface area contributed by atoms with Gasteiger partial charge < -0.3 is 17.9 Å². The first-order valence-electron chi connectivity index (χ1n) is 33.0. The molecule has 2 aliphatic carbocycles. The molecule has 4 nitrogen and oxygen atoms in total. The molecule has 0 aromatic heterocycles. The Morgan fingerprint density at radius 3 is 0.725 bits per heavy atom. The Morgan fingerprint density at radius 2 is 0.450 bits per heavy atom. The number of hydrogen-bond acceptors (Lipinski definition) is 0. The van der Waals surface area contributed by atoms with Crippen LogP contribution in [-0.4, -0.2) is 129 Å². The molecular formula is C76H118N4+4. The lowest BCUT2D eigenvalue weighted by molar-refractivity contribution is -0.870. The monoisotopic (exact) mass is 1090 g/mol. The minimum atomic E-state index is 0.0703. The average molecular weight is 1090 g/mol. The van der Waals surface area contributed by atoms with Gasteiger partial charge in [0.25, 0.3) is 0 Å². The quantitative estimate of drug-likeness (QED) is 0.0273. The Morgan fingerprint density at radius 1 is 0.225 bits per heavy atom. The third-order valence-electron chi connectivity index (χ3n) is 18.8. The van der Waals surface area contributed by atoms with Crippen LogP contribution in [0.25, 0.3) is 44.5 Å². The highest BCUT2D eigenvalue weighted by Gasteiger charge is 2.44. The summed E-state index contributed by atoms with van der Waals surface area (Å²) < 4.78 is 4.30. The van der Waals surface area contributed by atoms with Gasteiger partial charge in [-0.1, -0.05) is 200 Å². The summed E-state index contributed by atoms with van der Waals surface area (Å²) in [6.45, 7) is 5.10. The molecule has 0 fully saturated rings. The summed E-state index contributed by atoms with van der Waals surface area (Å²) in [5.74, 6) is 0. The second-order valence-electron chi connectivity index (χ2n) is 29.9. The van der Waals surface area contributed by atoms with Gasteiger partial charge in [-0.25, -0.2) is 0 Å². The molecule has 4 heteroatoms. The number of hydrogen-bond donors (Lipinski definition) is 0. The second-order valence-corrected chi connectivity index (χ2v) is 29.9. The molecule has 0 bridgehead atoms. The van der Waals surface area contributed by atoms with Crippen LogP contribution in [0.5, 0.6) is 0 Å². The van der Waals surface area contributed by atoms with E-state index in [1.54, 1.807) is 22.3 Å². The third-order valence-corrected chi connectivity index (χ3v) is 18.8. The zero-order valence-corrected chi connectivity index (χ0v) is 53.8. The van der Waals surface area contributed by atoms with Crippen LogP contribution in [-0.2, 0) is 10.8 Å². The minimum absolute atomic E-state index is 0.0703. The molecule has 0 unspecified atom stereocenters. The summed E-state index contributed by atoms with van der Waals surface area (Å²) in [6.07, 6.45) is 37.2. The first kappa shape index (κ1) is 63.5. The van der Waals surface area contributed by atoms with Crippen LogP contribution in [0.2, 0.25) is 0 Å². The fourth-order valence-electron chi connectivity index (χ4n) is 14.3. The molecule has 0 heterocycles. The summed E-state index contributed by atoms with van der Waals surface area (Å²) >= 11 is 0. The lowest BCUT2D eigenvalue weighted by Gasteiger charge is -2.33. The molecule has 0 atom stereocenters. The molecule has 7 rings (SSSR count). The predicted octanol–water partition coefficient (Wildman–Crippen LogP) is 19.3. The predicted molar refractivity (Wildman–Crippen MR) is 351 cm³/mol. The van der Waals surface area contributed by atoms with Crippen LogP contribution >= 0.6 is 0 Å². The van der Waals surface area contributed by atoms with E-state index in [1.807, 2.05) is 0 Å². The Hall–Kier alpha value is -4.06. The average Bonchev–Trinajstić information content (AvgIpc) is 3.84. The Bertz CT molecular complexity index is 2380. The van der Waals surface area contributed by atoms with Crippen LogP contribution < -0.4 is 0 Å². The third kappa shape index (κ3) is 18.5. The van der Waals surface area contributed by atoms with Crippen LogP contribution in [0.1, 0.15) is 202 Å². The van der Waals surface area contributed by atoms with E-state index in [-0.39, 0.29) is 10.8 Å². The summed E-state index contributed by atoms with van der Waals surface area (Å²) in [5.41, 5.74) is 17.9. The van der Waals surface area contributed by atoms with Gasteiger partial charge in [0.15, 0.2) is 0 Å². The first-order chi connectivity index (χ1) is 38.2. The van der Waals surface area contributed by atoms with E-state index in [4.69, 9.17) is 0 Å². The molecule has 0 spiro atoms. The van der Waals surface area contributed by atoms with Crippen molar-refractivity contribution in [1.82, 2.24) is 0 Å². The number of rotatable bonds is 38. The second kappa shape index (κ2) is 29.5. The van der Waals surface area contributed by atoms with Gasteiger partial charge in [0.2, 0.25) is 0 Å². The van der Waals surface area contributed by atoms with Gasteiger partial charge >= 0.3 is 0 Å². The van der Waals surface area contributed by atoms with Crippen molar-refractivity contribution in [2.45, 2.75) is 191 Å². The maximum Gasteiger partial charge on any atom is 0.0780 e. The molecule has 2 aliphatic rings. The van der Waals surface area contributed by atoms with Crippen molar-refractivity contribution in [3.8, 4) is 44.5 Å². The number of fused-ring (bicyclic) bond motifs is 6. The lowest BCUT2D eigenvalue weighted by Crippen LogP contribution is -2.35. The number of nitrogens with zero attached hydrogens (tertiary/aromatic N) is 4. The van der Waals surface area contributed by atoms with E-state index < -0.39 is 0 Å². The van der Waals surface area contributed by atoms with Crippen molar-refractivity contribution in [3.05, 3.63) is 131 Å². The van der Waals surface area contributed by atoms with Gasteiger partial charge in [0, 0.05) is 10.8 Å². The normalized spacial score (nSPS) is 14.6. The van der Waals surface area contributed by atoms with E-state index in [2.05, 4.69) is 194 Å². The fourth-order valence-corrected chi connectivity index (χ4v) is 14.3. The number of benzene rings is 5. The summed E-state index contributed by atoms with van der Waals surface area (Å²) in [4.78, 5) is 0. The van der Waals surface area contributed by atoms with E-state index in [9.17, 15) is 0 Å². The smallest absolute Gasteiger partial charge is 0.0780 e. The Labute approximate surface area is 492 Å². The molecular weight excluding hydrogens is 969 g/mol. The van der Waals surface area contributed by atoms with Crippen molar-refractivity contribution in [2.24, 2.45) is 0 Å². The molecule has 0 saturated heterocycles. The zero-order valence-electron chi connectivity index (χ0n) is 53.8. The highest BCUT2D eigenvalue weighted by molar-refractivity contribution is 5.86. The molecule has 0 aliphatic heterocycles. The minimum Gasteiger partial charge on any atom is -0.331 e. The van der Waals surface area contributed by atoms with Crippen molar-refractivity contribution < 1.29 is 17.9 Å².